The van der Waals surface area contributed by atoms with Crippen LogP contribution in [0.2, 0.25) is 0 Å². The lowest BCUT2D eigenvalue weighted by molar-refractivity contribution is -0.152. The SMILES string of the molecule is NC1(C(=O)N2C[C@H](O)C[C@H]2C(=O)O)CCC1. The molecule has 1 saturated heterocycles. The number of carbonyl (C=O) groups is 2. The molecule has 6 heteroatoms. The molecule has 0 bridgehead atoms. The lowest BCUT2D eigenvalue weighted by Crippen LogP contribution is -2.61. The summed E-state index contributed by atoms with van der Waals surface area (Å²) in [6, 6.07) is -0.927. The van der Waals surface area contributed by atoms with E-state index in [4.69, 9.17) is 10.8 Å². The first kappa shape index (κ1) is 11.3. The predicted octanol–water partition coefficient (Wildman–Crippen LogP) is -1.09. The zero-order chi connectivity index (χ0) is 11.9. The Labute approximate surface area is 93.0 Å². The average molecular weight is 228 g/mol. The first-order valence-electron chi connectivity index (χ1n) is 5.45. The van der Waals surface area contributed by atoms with Crippen LogP contribution in [-0.4, -0.2) is 51.2 Å². The summed E-state index contributed by atoms with van der Waals surface area (Å²) in [7, 11) is 0. The number of carbonyl (C=O) groups excluding carboxylic acids is 1. The molecule has 4 N–H and O–H groups in total. The molecular formula is C10H16N2O4. The van der Waals surface area contributed by atoms with Gasteiger partial charge in [-0.2, -0.15) is 0 Å². The Balaban J connectivity index is 2.13. The number of aliphatic hydroxyl groups is 1. The van der Waals surface area contributed by atoms with E-state index in [1.807, 2.05) is 0 Å². The lowest BCUT2D eigenvalue weighted by atomic mass is 9.76. The zero-order valence-electron chi connectivity index (χ0n) is 8.93. The van der Waals surface area contributed by atoms with Crippen LogP contribution in [0.25, 0.3) is 0 Å². The van der Waals surface area contributed by atoms with Crippen molar-refractivity contribution in [1.82, 2.24) is 4.90 Å². The molecule has 0 unspecified atom stereocenters. The van der Waals surface area contributed by atoms with Gasteiger partial charge < -0.3 is 20.8 Å². The number of rotatable bonds is 2. The first-order valence-corrected chi connectivity index (χ1v) is 5.45. The van der Waals surface area contributed by atoms with E-state index in [0.29, 0.717) is 12.8 Å². The first-order chi connectivity index (χ1) is 7.44. The molecular weight excluding hydrogens is 212 g/mol. The summed E-state index contributed by atoms with van der Waals surface area (Å²) < 4.78 is 0. The van der Waals surface area contributed by atoms with Crippen LogP contribution in [0.1, 0.15) is 25.7 Å². The minimum Gasteiger partial charge on any atom is -0.480 e. The van der Waals surface area contributed by atoms with E-state index in [2.05, 4.69) is 0 Å². The summed E-state index contributed by atoms with van der Waals surface area (Å²) >= 11 is 0. The smallest absolute Gasteiger partial charge is 0.326 e. The lowest BCUT2D eigenvalue weighted by Gasteiger charge is -2.40. The van der Waals surface area contributed by atoms with Gasteiger partial charge in [-0.25, -0.2) is 4.79 Å². The van der Waals surface area contributed by atoms with Crippen molar-refractivity contribution in [3.8, 4) is 0 Å². The van der Waals surface area contributed by atoms with Crippen LogP contribution in [0.4, 0.5) is 0 Å². The van der Waals surface area contributed by atoms with Crippen molar-refractivity contribution in [3.05, 3.63) is 0 Å². The Hall–Kier alpha value is -1.14. The Morgan fingerprint density at radius 3 is 2.44 bits per heavy atom. The van der Waals surface area contributed by atoms with Crippen LogP contribution >= 0.6 is 0 Å². The van der Waals surface area contributed by atoms with Crippen molar-refractivity contribution in [2.45, 2.75) is 43.4 Å². The number of carboxylic acids is 1. The van der Waals surface area contributed by atoms with Gasteiger partial charge in [0.15, 0.2) is 0 Å². The van der Waals surface area contributed by atoms with E-state index in [1.54, 1.807) is 0 Å². The number of nitrogens with two attached hydrogens (primary N) is 1. The van der Waals surface area contributed by atoms with Gasteiger partial charge in [0, 0.05) is 13.0 Å². The number of aliphatic hydroxyl groups excluding tert-OH is 1. The van der Waals surface area contributed by atoms with Gasteiger partial charge in [0.1, 0.15) is 6.04 Å². The number of nitrogens with zero attached hydrogens (tertiary/aromatic N) is 1. The molecule has 2 aliphatic rings. The molecule has 0 spiro atoms. The molecule has 0 radical (unpaired) electrons. The maximum atomic E-state index is 12.0. The molecule has 1 amide bonds. The van der Waals surface area contributed by atoms with Gasteiger partial charge in [-0.05, 0) is 19.3 Å². The van der Waals surface area contributed by atoms with E-state index in [-0.39, 0.29) is 18.9 Å². The Morgan fingerprint density at radius 1 is 1.38 bits per heavy atom. The number of carboxylic acid groups (broad SMARTS) is 1. The van der Waals surface area contributed by atoms with Gasteiger partial charge in [0.25, 0.3) is 0 Å². The molecule has 0 aromatic carbocycles. The monoisotopic (exact) mass is 228 g/mol. The minimum absolute atomic E-state index is 0.0781. The van der Waals surface area contributed by atoms with E-state index >= 15 is 0 Å². The third-order valence-corrected chi connectivity index (χ3v) is 3.50. The van der Waals surface area contributed by atoms with Crippen molar-refractivity contribution in [2.75, 3.05) is 6.54 Å². The molecule has 2 rings (SSSR count). The Kier molecular flexibility index (Phi) is 2.63. The molecule has 2 atom stereocenters. The average Bonchev–Trinajstić information content (AvgIpc) is 2.55. The van der Waals surface area contributed by atoms with Crippen molar-refractivity contribution in [3.63, 3.8) is 0 Å². The van der Waals surface area contributed by atoms with Gasteiger partial charge in [-0.15, -0.1) is 0 Å². The Morgan fingerprint density at radius 2 is 2.00 bits per heavy atom. The van der Waals surface area contributed by atoms with Crippen LogP contribution in [-0.2, 0) is 9.59 Å². The molecule has 6 nitrogen and oxygen atoms in total. The fraction of sp³-hybridized carbons (Fsp3) is 0.800. The molecule has 90 valence electrons. The fourth-order valence-corrected chi connectivity index (χ4v) is 2.33. The summed E-state index contributed by atoms with van der Waals surface area (Å²) in [6.07, 6.45) is 1.44. The van der Waals surface area contributed by atoms with Gasteiger partial charge in [-0.1, -0.05) is 0 Å². The summed E-state index contributed by atoms with van der Waals surface area (Å²) in [5.41, 5.74) is 4.98. The second-order valence-corrected chi connectivity index (χ2v) is 4.71. The van der Waals surface area contributed by atoms with Crippen molar-refractivity contribution >= 4 is 11.9 Å². The molecule has 1 saturated carbocycles. The van der Waals surface area contributed by atoms with Crippen LogP contribution in [0.15, 0.2) is 0 Å². The number of amides is 1. The second kappa shape index (κ2) is 3.71. The third kappa shape index (κ3) is 1.68. The van der Waals surface area contributed by atoms with Crippen LogP contribution in [0.3, 0.4) is 0 Å². The van der Waals surface area contributed by atoms with Crippen LogP contribution in [0.5, 0.6) is 0 Å². The Bertz CT molecular complexity index is 327. The van der Waals surface area contributed by atoms with Gasteiger partial charge in [-0.3, -0.25) is 4.79 Å². The maximum Gasteiger partial charge on any atom is 0.326 e. The predicted molar refractivity (Wildman–Crippen MR) is 54.5 cm³/mol. The van der Waals surface area contributed by atoms with Crippen molar-refractivity contribution < 1.29 is 19.8 Å². The molecule has 1 heterocycles. The molecule has 0 aromatic heterocycles. The molecule has 1 aliphatic carbocycles. The molecule has 2 fully saturated rings. The maximum absolute atomic E-state index is 12.0. The second-order valence-electron chi connectivity index (χ2n) is 4.71. The largest absolute Gasteiger partial charge is 0.480 e. The highest BCUT2D eigenvalue weighted by Crippen LogP contribution is 2.33. The summed E-state index contributed by atoms with van der Waals surface area (Å²) in [5.74, 6) is -1.41. The number of hydrogen-bond donors (Lipinski definition) is 3. The van der Waals surface area contributed by atoms with Gasteiger partial charge >= 0.3 is 5.97 Å². The summed E-state index contributed by atoms with van der Waals surface area (Å²) in [4.78, 5) is 24.2. The number of likely N-dealkylation sites (tertiary alicyclic amines) is 1. The number of β-amino-alcohol motifs (C(OH)–C–C–N with tert-alkyl or cyclic N) is 1. The quantitative estimate of drug-likeness (QED) is 0.557. The highest BCUT2D eigenvalue weighted by Gasteiger charge is 2.48. The summed E-state index contributed by atoms with van der Waals surface area (Å²) in [5, 5.41) is 18.4. The van der Waals surface area contributed by atoms with Crippen molar-refractivity contribution in [2.24, 2.45) is 5.73 Å². The highest BCUT2D eigenvalue weighted by molar-refractivity contribution is 5.91. The topological polar surface area (TPSA) is 104 Å². The van der Waals surface area contributed by atoms with Crippen LogP contribution in [0, 0.1) is 0 Å². The molecule has 0 aromatic rings. The van der Waals surface area contributed by atoms with E-state index in [9.17, 15) is 14.7 Å². The molecule has 1 aliphatic heterocycles. The number of aliphatic carboxylic acids is 1. The van der Waals surface area contributed by atoms with E-state index < -0.39 is 23.7 Å². The molecule has 16 heavy (non-hydrogen) atoms. The highest BCUT2D eigenvalue weighted by atomic mass is 16.4. The third-order valence-electron chi connectivity index (χ3n) is 3.50. The standard InChI is InChI=1S/C10H16N2O4/c11-10(2-1-3-10)9(16)12-5-6(13)4-7(12)8(14)15/h6-7,13H,1-5,11H2,(H,14,15)/t6-,7+/m1/s1. The van der Waals surface area contributed by atoms with E-state index in [0.717, 1.165) is 6.42 Å². The van der Waals surface area contributed by atoms with Gasteiger partial charge in [0.2, 0.25) is 5.91 Å². The van der Waals surface area contributed by atoms with Gasteiger partial charge in [0.05, 0.1) is 11.6 Å². The number of hydrogen-bond acceptors (Lipinski definition) is 4. The summed E-state index contributed by atoms with van der Waals surface area (Å²) in [6.45, 7) is 0.0781. The minimum atomic E-state index is -1.08. The zero-order valence-corrected chi connectivity index (χ0v) is 8.93. The van der Waals surface area contributed by atoms with Crippen LogP contribution < -0.4 is 5.73 Å². The fourth-order valence-electron chi connectivity index (χ4n) is 2.33. The van der Waals surface area contributed by atoms with E-state index in [1.165, 1.54) is 4.90 Å². The van der Waals surface area contributed by atoms with Crippen molar-refractivity contribution in [1.29, 1.82) is 0 Å². The normalized spacial score (nSPS) is 32.2.